The van der Waals surface area contributed by atoms with Crippen molar-refractivity contribution in [3.63, 3.8) is 0 Å². The van der Waals surface area contributed by atoms with Crippen molar-refractivity contribution in [3.05, 3.63) is 48.3 Å². The van der Waals surface area contributed by atoms with Gasteiger partial charge in [-0.3, -0.25) is 5.32 Å². The molecule has 8 nitrogen and oxygen atoms in total. The summed E-state index contributed by atoms with van der Waals surface area (Å²) in [6.45, 7) is 1.98. The van der Waals surface area contributed by atoms with Gasteiger partial charge < -0.3 is 19.3 Å². The van der Waals surface area contributed by atoms with Gasteiger partial charge in [0.2, 0.25) is 0 Å². The zero-order valence-corrected chi connectivity index (χ0v) is 16.8. The van der Waals surface area contributed by atoms with Crippen molar-refractivity contribution < 1.29 is 18.7 Å². The first-order valence-corrected chi connectivity index (χ1v) is 9.54. The Labute approximate surface area is 173 Å². The largest absolute Gasteiger partial charge is 0.497 e. The Hall–Kier alpha value is -3.62. The van der Waals surface area contributed by atoms with Crippen LogP contribution < -0.4 is 19.7 Å². The Morgan fingerprint density at radius 1 is 1.00 bits per heavy atom. The van der Waals surface area contributed by atoms with Crippen molar-refractivity contribution in [2.75, 3.05) is 50.6 Å². The number of fused-ring (bicyclic) bond motifs is 1. The molecular formula is C21H22FN5O3. The number of hydrogen-bond acceptors (Lipinski definition) is 6. The van der Waals surface area contributed by atoms with Crippen molar-refractivity contribution >= 4 is 28.6 Å². The van der Waals surface area contributed by atoms with Gasteiger partial charge in [-0.1, -0.05) is 12.1 Å². The Morgan fingerprint density at radius 3 is 2.47 bits per heavy atom. The molecule has 30 heavy (non-hydrogen) atoms. The number of ether oxygens (including phenoxy) is 2. The third kappa shape index (κ3) is 3.91. The number of hydrogen-bond donors (Lipinski definition) is 1. The van der Waals surface area contributed by atoms with E-state index in [1.165, 1.54) is 13.2 Å². The minimum absolute atomic E-state index is 0.228. The molecule has 1 fully saturated rings. The van der Waals surface area contributed by atoms with Gasteiger partial charge in [-0.15, -0.1) is 0 Å². The highest BCUT2D eigenvalue weighted by atomic mass is 19.1. The molecule has 0 spiro atoms. The van der Waals surface area contributed by atoms with E-state index in [0.717, 1.165) is 0 Å². The smallest absolute Gasteiger partial charge is 0.323 e. The first-order valence-electron chi connectivity index (χ1n) is 9.54. The van der Waals surface area contributed by atoms with Crippen molar-refractivity contribution in [1.82, 2.24) is 14.9 Å². The summed E-state index contributed by atoms with van der Waals surface area (Å²) in [6.07, 6.45) is 0. The third-order valence-corrected chi connectivity index (χ3v) is 5.02. The van der Waals surface area contributed by atoms with Gasteiger partial charge in [-0.25, -0.2) is 19.2 Å². The number of carbonyl (C=O) groups is 1. The number of nitrogens with one attached hydrogen (secondary N) is 1. The molecule has 1 aromatic heterocycles. The monoisotopic (exact) mass is 411 g/mol. The number of aromatic nitrogens is 2. The Balaban J connectivity index is 1.47. The number of urea groups is 1. The molecule has 2 heterocycles. The van der Waals surface area contributed by atoms with Gasteiger partial charge in [0.1, 0.15) is 11.6 Å². The summed E-state index contributed by atoms with van der Waals surface area (Å²) in [5.74, 6) is 0.844. The Morgan fingerprint density at radius 2 is 1.77 bits per heavy atom. The van der Waals surface area contributed by atoms with Crippen LogP contribution in [0.15, 0.2) is 42.5 Å². The second-order valence-electron chi connectivity index (χ2n) is 6.79. The normalized spacial score (nSPS) is 14.0. The van der Waals surface area contributed by atoms with E-state index in [4.69, 9.17) is 9.47 Å². The van der Waals surface area contributed by atoms with E-state index < -0.39 is 0 Å². The summed E-state index contributed by atoms with van der Waals surface area (Å²) in [5, 5.41) is 2.78. The Kier molecular flexibility index (Phi) is 5.51. The van der Waals surface area contributed by atoms with E-state index in [-0.39, 0.29) is 23.5 Å². The summed E-state index contributed by atoms with van der Waals surface area (Å²) in [5.41, 5.74) is 1.76. The minimum Gasteiger partial charge on any atom is -0.497 e. The molecule has 1 saturated heterocycles. The lowest BCUT2D eigenvalue weighted by Crippen LogP contribution is -2.50. The molecule has 2 amide bonds. The first-order chi connectivity index (χ1) is 14.6. The number of amides is 2. The maximum atomic E-state index is 14.0. The van der Waals surface area contributed by atoms with Gasteiger partial charge in [-0.2, -0.15) is 0 Å². The molecule has 0 aliphatic carbocycles. The van der Waals surface area contributed by atoms with Gasteiger partial charge in [0, 0.05) is 32.2 Å². The summed E-state index contributed by atoms with van der Waals surface area (Å²) in [4.78, 5) is 25.3. The standard InChI is InChI=1S/C21H22FN5O3/c1-29-14-7-8-16-17(13-14)23-19(20(24-16)30-2)25-21(28)27-11-9-26(10-12-27)18-6-4-3-5-15(18)22/h3-8,13H,9-12H2,1-2H3,(H,23,25,28). The molecule has 0 unspecified atom stereocenters. The van der Waals surface area contributed by atoms with E-state index in [0.29, 0.717) is 48.6 Å². The molecule has 0 atom stereocenters. The maximum absolute atomic E-state index is 14.0. The molecule has 1 N–H and O–H groups in total. The van der Waals surface area contributed by atoms with E-state index in [9.17, 15) is 9.18 Å². The predicted molar refractivity (Wildman–Crippen MR) is 112 cm³/mol. The number of anilines is 2. The number of nitrogens with zero attached hydrogens (tertiary/aromatic N) is 4. The molecule has 0 bridgehead atoms. The zero-order chi connectivity index (χ0) is 21.1. The second kappa shape index (κ2) is 8.40. The summed E-state index contributed by atoms with van der Waals surface area (Å²) < 4.78 is 24.5. The number of para-hydroxylation sites is 1. The van der Waals surface area contributed by atoms with Crippen LogP contribution >= 0.6 is 0 Å². The van der Waals surface area contributed by atoms with Crippen LogP contribution in [0.4, 0.5) is 20.7 Å². The number of halogens is 1. The van der Waals surface area contributed by atoms with Gasteiger partial charge >= 0.3 is 6.03 Å². The number of rotatable bonds is 4. The van der Waals surface area contributed by atoms with Crippen molar-refractivity contribution in [2.24, 2.45) is 0 Å². The third-order valence-electron chi connectivity index (χ3n) is 5.02. The summed E-state index contributed by atoms with van der Waals surface area (Å²) >= 11 is 0. The van der Waals surface area contributed by atoms with Crippen molar-refractivity contribution in [1.29, 1.82) is 0 Å². The van der Waals surface area contributed by atoms with Crippen LogP contribution in [0.25, 0.3) is 11.0 Å². The summed E-state index contributed by atoms with van der Waals surface area (Å²) in [7, 11) is 3.05. The first kappa shape index (κ1) is 19.7. The van der Waals surface area contributed by atoms with Gasteiger partial charge in [-0.05, 0) is 24.3 Å². The average molecular weight is 411 g/mol. The quantitative estimate of drug-likeness (QED) is 0.711. The molecule has 4 rings (SSSR count). The highest BCUT2D eigenvalue weighted by Gasteiger charge is 2.24. The maximum Gasteiger partial charge on any atom is 0.323 e. The fourth-order valence-corrected chi connectivity index (χ4v) is 3.41. The topological polar surface area (TPSA) is 79.8 Å². The van der Waals surface area contributed by atoms with Gasteiger partial charge in [0.25, 0.3) is 5.88 Å². The molecule has 1 aliphatic rings. The van der Waals surface area contributed by atoms with E-state index in [2.05, 4.69) is 15.3 Å². The average Bonchev–Trinajstić information content (AvgIpc) is 2.78. The minimum atomic E-state index is -0.307. The van der Waals surface area contributed by atoms with Crippen molar-refractivity contribution in [3.8, 4) is 11.6 Å². The molecule has 3 aromatic rings. The van der Waals surface area contributed by atoms with Crippen LogP contribution in [0.1, 0.15) is 0 Å². The fourth-order valence-electron chi connectivity index (χ4n) is 3.41. The lowest BCUT2D eigenvalue weighted by molar-refractivity contribution is 0.208. The lowest BCUT2D eigenvalue weighted by Gasteiger charge is -2.36. The fraction of sp³-hybridized carbons (Fsp3) is 0.286. The van der Waals surface area contributed by atoms with Gasteiger partial charge in [0.15, 0.2) is 5.82 Å². The summed E-state index contributed by atoms with van der Waals surface area (Å²) in [6, 6.07) is 11.6. The van der Waals surface area contributed by atoms with E-state index >= 15 is 0 Å². The number of carbonyl (C=O) groups excluding carboxylic acids is 1. The van der Waals surface area contributed by atoms with Crippen LogP contribution in [0.5, 0.6) is 11.6 Å². The second-order valence-corrected chi connectivity index (χ2v) is 6.79. The number of piperazine rings is 1. The highest BCUT2D eigenvalue weighted by Crippen LogP contribution is 2.26. The van der Waals surface area contributed by atoms with E-state index in [1.807, 2.05) is 4.90 Å². The lowest BCUT2D eigenvalue weighted by atomic mass is 10.2. The zero-order valence-electron chi connectivity index (χ0n) is 16.8. The van der Waals surface area contributed by atoms with Crippen LogP contribution in [0, 0.1) is 5.82 Å². The van der Waals surface area contributed by atoms with Crippen LogP contribution in [0.3, 0.4) is 0 Å². The molecule has 1 aliphatic heterocycles. The molecule has 2 aromatic carbocycles. The SMILES string of the molecule is COc1ccc2nc(OC)c(NC(=O)N3CCN(c4ccccc4F)CC3)nc2c1. The molecule has 156 valence electrons. The highest BCUT2D eigenvalue weighted by molar-refractivity contribution is 5.91. The number of methoxy groups -OCH3 is 2. The molecule has 9 heteroatoms. The number of benzene rings is 2. The Bertz CT molecular complexity index is 1070. The van der Waals surface area contributed by atoms with Crippen LogP contribution in [-0.4, -0.2) is 61.3 Å². The van der Waals surface area contributed by atoms with Crippen LogP contribution in [-0.2, 0) is 0 Å². The molecular weight excluding hydrogens is 389 g/mol. The molecule has 0 radical (unpaired) electrons. The van der Waals surface area contributed by atoms with Crippen molar-refractivity contribution in [2.45, 2.75) is 0 Å². The van der Waals surface area contributed by atoms with Crippen LogP contribution in [0.2, 0.25) is 0 Å². The van der Waals surface area contributed by atoms with Gasteiger partial charge in [0.05, 0.1) is 30.9 Å². The van der Waals surface area contributed by atoms with E-state index in [1.54, 1.807) is 48.4 Å². The molecule has 0 saturated carbocycles. The predicted octanol–water partition coefficient (Wildman–Crippen LogP) is 3.14.